The summed E-state index contributed by atoms with van der Waals surface area (Å²) >= 11 is 5.91. The van der Waals surface area contributed by atoms with Gasteiger partial charge in [0.25, 0.3) is 15.9 Å². The van der Waals surface area contributed by atoms with Crippen molar-refractivity contribution in [3.05, 3.63) is 58.6 Å². The molecule has 0 heterocycles. The van der Waals surface area contributed by atoms with E-state index in [9.17, 15) is 13.2 Å². The third-order valence-corrected chi connectivity index (χ3v) is 5.15. The summed E-state index contributed by atoms with van der Waals surface area (Å²) in [6.07, 6.45) is 0.812. The third-order valence-electron chi connectivity index (χ3n) is 3.47. The van der Waals surface area contributed by atoms with Gasteiger partial charge in [-0.2, -0.15) is 0 Å². The maximum Gasteiger partial charge on any atom is 0.272 e. The van der Waals surface area contributed by atoms with Crippen molar-refractivity contribution in [1.29, 1.82) is 0 Å². The van der Waals surface area contributed by atoms with E-state index in [2.05, 4.69) is 5.43 Å². The number of hydrogen-bond donors (Lipinski definition) is 2. The number of hydrazine groups is 1. The van der Waals surface area contributed by atoms with Crippen LogP contribution < -0.4 is 15.0 Å². The SMILES string of the molecule is CCc1ccc(S(=O)(=O)NNC(=O)COc2ccc(Cl)c(C)c2)cc1. The molecule has 0 aliphatic carbocycles. The van der Waals surface area contributed by atoms with Gasteiger partial charge in [0.05, 0.1) is 4.90 Å². The molecule has 0 aliphatic rings. The molecule has 134 valence electrons. The number of carbonyl (C=O) groups excluding carboxylic acids is 1. The van der Waals surface area contributed by atoms with Gasteiger partial charge in [-0.15, -0.1) is 4.83 Å². The van der Waals surface area contributed by atoms with Gasteiger partial charge in [-0.25, -0.2) is 8.42 Å². The van der Waals surface area contributed by atoms with Gasteiger partial charge < -0.3 is 4.74 Å². The fraction of sp³-hybridized carbons (Fsp3) is 0.235. The highest BCUT2D eigenvalue weighted by Crippen LogP contribution is 2.20. The first-order chi connectivity index (χ1) is 11.8. The molecule has 0 aromatic heterocycles. The second-order valence-electron chi connectivity index (χ2n) is 5.35. The first kappa shape index (κ1) is 19.2. The molecule has 0 radical (unpaired) electrons. The number of sulfonamides is 1. The Bertz CT molecular complexity index is 851. The molecule has 1 amide bonds. The Morgan fingerprint density at radius 3 is 2.44 bits per heavy atom. The summed E-state index contributed by atoms with van der Waals surface area (Å²) < 4.78 is 29.5. The van der Waals surface area contributed by atoms with Gasteiger partial charge >= 0.3 is 0 Å². The van der Waals surface area contributed by atoms with Crippen molar-refractivity contribution in [2.45, 2.75) is 25.2 Å². The number of nitrogens with one attached hydrogen (secondary N) is 2. The predicted molar refractivity (Wildman–Crippen MR) is 96.0 cm³/mol. The zero-order chi connectivity index (χ0) is 18.4. The number of carbonyl (C=O) groups is 1. The van der Waals surface area contributed by atoms with Crippen LogP contribution in [0.25, 0.3) is 0 Å². The molecule has 2 rings (SSSR count). The Kier molecular flexibility index (Phi) is 6.41. The van der Waals surface area contributed by atoms with Gasteiger partial charge in [0.2, 0.25) is 0 Å². The Morgan fingerprint density at radius 2 is 1.84 bits per heavy atom. The Labute approximate surface area is 152 Å². The van der Waals surface area contributed by atoms with E-state index in [0.29, 0.717) is 10.8 Å². The van der Waals surface area contributed by atoms with Crippen LogP contribution in [0.2, 0.25) is 5.02 Å². The minimum Gasteiger partial charge on any atom is -0.484 e. The first-order valence-electron chi connectivity index (χ1n) is 7.60. The van der Waals surface area contributed by atoms with Crippen LogP contribution in [0.5, 0.6) is 5.75 Å². The van der Waals surface area contributed by atoms with Crippen LogP contribution >= 0.6 is 11.6 Å². The molecular formula is C17H19ClN2O4S. The molecule has 0 aliphatic heterocycles. The second-order valence-corrected chi connectivity index (χ2v) is 7.44. The van der Waals surface area contributed by atoms with Crippen LogP contribution in [0.1, 0.15) is 18.1 Å². The summed E-state index contributed by atoms with van der Waals surface area (Å²) in [5.41, 5.74) is 3.96. The van der Waals surface area contributed by atoms with Crippen molar-refractivity contribution in [3.8, 4) is 5.75 Å². The first-order valence-corrected chi connectivity index (χ1v) is 9.46. The van der Waals surface area contributed by atoms with Crippen LogP contribution in [0.4, 0.5) is 0 Å². The van der Waals surface area contributed by atoms with E-state index in [0.717, 1.165) is 17.5 Å². The molecule has 0 bridgehead atoms. The fourth-order valence-corrected chi connectivity index (χ4v) is 2.96. The lowest BCUT2D eigenvalue weighted by Gasteiger charge is -2.10. The van der Waals surface area contributed by atoms with Crippen molar-refractivity contribution in [1.82, 2.24) is 10.3 Å². The predicted octanol–water partition coefficient (Wildman–Crippen LogP) is 2.60. The van der Waals surface area contributed by atoms with Crippen molar-refractivity contribution >= 4 is 27.5 Å². The zero-order valence-corrected chi connectivity index (χ0v) is 15.4. The number of amides is 1. The monoisotopic (exact) mass is 382 g/mol. The average Bonchev–Trinajstić information content (AvgIpc) is 2.61. The Hall–Kier alpha value is -2.09. The van der Waals surface area contributed by atoms with E-state index in [1.807, 2.05) is 18.7 Å². The van der Waals surface area contributed by atoms with Gasteiger partial charge in [0.15, 0.2) is 6.61 Å². The lowest BCUT2D eigenvalue weighted by atomic mass is 10.2. The van der Waals surface area contributed by atoms with E-state index in [1.165, 1.54) is 12.1 Å². The van der Waals surface area contributed by atoms with E-state index < -0.39 is 15.9 Å². The molecule has 2 N–H and O–H groups in total. The maximum absolute atomic E-state index is 12.1. The minimum atomic E-state index is -3.83. The molecule has 0 spiro atoms. The molecule has 25 heavy (non-hydrogen) atoms. The minimum absolute atomic E-state index is 0.0687. The van der Waals surface area contributed by atoms with Gasteiger partial charge in [0.1, 0.15) is 5.75 Å². The second kappa shape index (κ2) is 8.33. The van der Waals surface area contributed by atoms with Gasteiger partial charge in [0, 0.05) is 5.02 Å². The summed E-state index contributed by atoms with van der Waals surface area (Å²) in [6.45, 7) is 3.45. The molecule has 8 heteroatoms. The largest absolute Gasteiger partial charge is 0.484 e. The van der Waals surface area contributed by atoms with Crippen molar-refractivity contribution in [3.63, 3.8) is 0 Å². The lowest BCUT2D eigenvalue weighted by Crippen LogP contribution is -2.43. The molecule has 0 saturated carbocycles. The lowest BCUT2D eigenvalue weighted by molar-refractivity contribution is -0.123. The molecule has 0 saturated heterocycles. The molecule has 0 fully saturated rings. The Morgan fingerprint density at radius 1 is 1.16 bits per heavy atom. The fourth-order valence-electron chi connectivity index (χ4n) is 1.98. The normalized spacial score (nSPS) is 11.2. The maximum atomic E-state index is 12.1. The molecule has 6 nitrogen and oxygen atoms in total. The van der Waals surface area contributed by atoms with Gasteiger partial charge in [-0.05, 0) is 54.8 Å². The number of halogens is 1. The number of hydrogen-bond acceptors (Lipinski definition) is 4. The highest BCUT2D eigenvalue weighted by Gasteiger charge is 2.15. The van der Waals surface area contributed by atoms with Gasteiger partial charge in [-0.3, -0.25) is 10.2 Å². The molecule has 2 aromatic carbocycles. The highest BCUT2D eigenvalue weighted by molar-refractivity contribution is 7.89. The summed E-state index contributed by atoms with van der Waals surface area (Å²) in [6, 6.07) is 11.4. The standard InChI is InChI=1S/C17H19ClN2O4S/c1-3-13-4-7-15(8-5-13)25(22,23)20-19-17(21)11-24-14-6-9-16(18)12(2)10-14/h4-10,20H,3,11H2,1-2H3,(H,19,21). The van der Waals surface area contributed by atoms with Crippen molar-refractivity contribution in [2.24, 2.45) is 0 Å². The zero-order valence-electron chi connectivity index (χ0n) is 13.9. The van der Waals surface area contributed by atoms with E-state index in [-0.39, 0.29) is 11.5 Å². The van der Waals surface area contributed by atoms with E-state index in [1.54, 1.807) is 30.3 Å². The average molecular weight is 383 g/mol. The quantitative estimate of drug-likeness (QED) is 0.721. The van der Waals surface area contributed by atoms with Crippen LogP contribution in [0.3, 0.4) is 0 Å². The van der Waals surface area contributed by atoms with Crippen LogP contribution in [0, 0.1) is 6.92 Å². The van der Waals surface area contributed by atoms with Crippen LogP contribution in [0.15, 0.2) is 47.4 Å². The third kappa shape index (κ3) is 5.45. The van der Waals surface area contributed by atoms with Crippen LogP contribution in [-0.4, -0.2) is 20.9 Å². The molecule has 2 aromatic rings. The summed E-state index contributed by atoms with van der Waals surface area (Å²) in [4.78, 5) is 13.9. The Balaban J connectivity index is 1.88. The smallest absolute Gasteiger partial charge is 0.272 e. The summed E-state index contributed by atoms with van der Waals surface area (Å²) in [5.74, 6) is -0.156. The number of benzene rings is 2. The number of aryl methyl sites for hydroxylation is 2. The van der Waals surface area contributed by atoms with Crippen LogP contribution in [-0.2, 0) is 21.2 Å². The summed E-state index contributed by atoms with van der Waals surface area (Å²) in [7, 11) is -3.83. The highest BCUT2D eigenvalue weighted by atomic mass is 35.5. The van der Waals surface area contributed by atoms with E-state index >= 15 is 0 Å². The molecular weight excluding hydrogens is 364 g/mol. The number of ether oxygens (including phenoxy) is 1. The van der Waals surface area contributed by atoms with E-state index in [4.69, 9.17) is 16.3 Å². The topological polar surface area (TPSA) is 84.5 Å². The van der Waals surface area contributed by atoms with Crippen molar-refractivity contribution < 1.29 is 17.9 Å². The van der Waals surface area contributed by atoms with Crippen molar-refractivity contribution in [2.75, 3.05) is 6.61 Å². The van der Waals surface area contributed by atoms with Gasteiger partial charge in [-0.1, -0.05) is 30.7 Å². The molecule has 0 atom stereocenters. The summed E-state index contributed by atoms with van der Waals surface area (Å²) in [5, 5.41) is 0.596. The molecule has 0 unspecified atom stereocenters. The number of rotatable bonds is 7.